The van der Waals surface area contributed by atoms with Crippen LogP contribution in [0.5, 0.6) is 0 Å². The fourth-order valence-electron chi connectivity index (χ4n) is 1.34. The van der Waals surface area contributed by atoms with Crippen molar-refractivity contribution < 1.29 is 4.39 Å². The molecule has 1 heterocycles. The Bertz CT molecular complexity index is 255. The van der Waals surface area contributed by atoms with E-state index >= 15 is 0 Å². The van der Waals surface area contributed by atoms with Crippen molar-refractivity contribution in [2.24, 2.45) is 0 Å². The predicted octanol–water partition coefficient (Wildman–Crippen LogP) is 2.91. The van der Waals surface area contributed by atoms with Crippen molar-refractivity contribution in [1.82, 2.24) is 9.78 Å². The number of hydrogen-bond acceptors (Lipinski definition) is 1. The van der Waals surface area contributed by atoms with Crippen molar-refractivity contribution in [1.29, 1.82) is 0 Å². The van der Waals surface area contributed by atoms with Crippen LogP contribution in [0.2, 0.25) is 0 Å². The van der Waals surface area contributed by atoms with Crippen LogP contribution in [0.25, 0.3) is 0 Å². The van der Waals surface area contributed by atoms with E-state index in [1.165, 1.54) is 25.5 Å². The minimum atomic E-state index is -0.199. The third-order valence-corrected chi connectivity index (χ3v) is 2.27. The molecule has 0 aliphatic rings. The number of hydrogen-bond donors (Lipinski definition) is 0. The molecule has 2 nitrogen and oxygen atoms in total. The van der Waals surface area contributed by atoms with Crippen LogP contribution in [0.4, 0.5) is 4.39 Å². The molecule has 0 spiro atoms. The molecule has 0 aromatic carbocycles. The molecule has 0 aliphatic carbocycles. The summed E-state index contributed by atoms with van der Waals surface area (Å²) in [5.41, 5.74) is 0.650. The lowest BCUT2D eigenvalue weighted by atomic mass is 10.2. The molecule has 1 aromatic rings. The third-order valence-electron chi connectivity index (χ3n) is 2.27. The van der Waals surface area contributed by atoms with E-state index in [-0.39, 0.29) is 5.82 Å². The van der Waals surface area contributed by atoms with Crippen molar-refractivity contribution in [3.63, 3.8) is 0 Å². The molecule has 0 aliphatic heterocycles. The molecule has 13 heavy (non-hydrogen) atoms. The Hall–Kier alpha value is -0.860. The van der Waals surface area contributed by atoms with Gasteiger partial charge in [0.15, 0.2) is 5.82 Å². The molecule has 1 rings (SSSR count). The molecular formula is C10H17FN2. The van der Waals surface area contributed by atoms with E-state index in [0.717, 1.165) is 13.0 Å². The van der Waals surface area contributed by atoms with Gasteiger partial charge in [-0.3, -0.25) is 4.68 Å². The maximum absolute atomic E-state index is 12.8. The van der Waals surface area contributed by atoms with Gasteiger partial charge in [0.05, 0.1) is 11.9 Å². The molecule has 0 fully saturated rings. The summed E-state index contributed by atoms with van der Waals surface area (Å²) < 4.78 is 14.6. The molecule has 0 amide bonds. The molecule has 0 unspecified atom stereocenters. The van der Waals surface area contributed by atoms with Crippen LogP contribution in [0.15, 0.2) is 6.20 Å². The summed E-state index contributed by atoms with van der Waals surface area (Å²) in [6.07, 6.45) is 6.07. The number of halogens is 1. The Labute approximate surface area is 78.8 Å². The molecule has 1 aromatic heterocycles. The molecule has 0 N–H and O–H groups in total. The first kappa shape index (κ1) is 10.2. The Morgan fingerprint density at radius 2 is 2.15 bits per heavy atom. The smallest absolute Gasteiger partial charge is 0.163 e. The fourth-order valence-corrected chi connectivity index (χ4v) is 1.34. The second kappa shape index (κ2) is 5.00. The van der Waals surface area contributed by atoms with Gasteiger partial charge in [0.1, 0.15) is 0 Å². The minimum absolute atomic E-state index is 0.199. The van der Waals surface area contributed by atoms with Gasteiger partial charge in [0, 0.05) is 6.54 Å². The van der Waals surface area contributed by atoms with Gasteiger partial charge < -0.3 is 0 Å². The van der Waals surface area contributed by atoms with E-state index in [9.17, 15) is 4.39 Å². The number of rotatable bonds is 5. The second-order valence-electron chi connectivity index (χ2n) is 3.36. The summed E-state index contributed by atoms with van der Waals surface area (Å²) in [6.45, 7) is 4.79. The molecule has 0 saturated heterocycles. The number of aromatic nitrogens is 2. The first-order valence-electron chi connectivity index (χ1n) is 4.93. The van der Waals surface area contributed by atoms with E-state index in [4.69, 9.17) is 0 Å². The maximum Gasteiger partial charge on any atom is 0.163 e. The van der Waals surface area contributed by atoms with E-state index in [1.807, 2.05) is 0 Å². The van der Waals surface area contributed by atoms with Crippen molar-refractivity contribution in [3.05, 3.63) is 17.7 Å². The van der Waals surface area contributed by atoms with Gasteiger partial charge in [0.25, 0.3) is 0 Å². The van der Waals surface area contributed by atoms with Gasteiger partial charge in [-0.1, -0.05) is 26.2 Å². The predicted molar refractivity (Wildman–Crippen MR) is 51.1 cm³/mol. The first-order valence-corrected chi connectivity index (χ1v) is 4.93. The van der Waals surface area contributed by atoms with Crippen LogP contribution < -0.4 is 0 Å². The van der Waals surface area contributed by atoms with Crippen LogP contribution in [0.1, 0.15) is 38.3 Å². The highest BCUT2D eigenvalue weighted by atomic mass is 19.1. The molecule has 0 saturated carbocycles. The summed E-state index contributed by atoms with van der Waals surface area (Å²) in [7, 11) is 0. The molecular weight excluding hydrogens is 167 g/mol. The number of aryl methyl sites for hydroxylation is 1. The lowest BCUT2D eigenvalue weighted by molar-refractivity contribution is 0.524. The van der Waals surface area contributed by atoms with Gasteiger partial charge in [-0.2, -0.15) is 5.10 Å². The summed E-state index contributed by atoms with van der Waals surface area (Å²) >= 11 is 0. The van der Waals surface area contributed by atoms with Gasteiger partial charge >= 0.3 is 0 Å². The van der Waals surface area contributed by atoms with E-state index in [0.29, 0.717) is 5.69 Å². The van der Waals surface area contributed by atoms with E-state index in [2.05, 4.69) is 12.0 Å². The topological polar surface area (TPSA) is 17.8 Å². The van der Waals surface area contributed by atoms with Crippen LogP contribution in [-0.2, 0) is 6.54 Å². The Morgan fingerprint density at radius 3 is 2.69 bits per heavy atom. The number of unbranched alkanes of at least 4 members (excludes halogenated alkanes) is 3. The van der Waals surface area contributed by atoms with Crippen LogP contribution in [0.3, 0.4) is 0 Å². The van der Waals surface area contributed by atoms with Gasteiger partial charge in [-0.05, 0) is 13.3 Å². The SMILES string of the molecule is CCCCCCn1ncc(F)c1C. The zero-order valence-corrected chi connectivity index (χ0v) is 8.39. The van der Waals surface area contributed by atoms with Crippen molar-refractivity contribution in [2.75, 3.05) is 0 Å². The van der Waals surface area contributed by atoms with Gasteiger partial charge in [-0.25, -0.2) is 4.39 Å². The molecule has 0 radical (unpaired) electrons. The summed E-state index contributed by atoms with van der Waals surface area (Å²) in [5, 5.41) is 3.95. The third kappa shape index (κ3) is 2.83. The highest BCUT2D eigenvalue weighted by Gasteiger charge is 2.03. The standard InChI is InChI=1S/C10H17FN2/c1-3-4-5-6-7-13-9(2)10(11)8-12-13/h8H,3-7H2,1-2H3. The lowest BCUT2D eigenvalue weighted by Gasteiger charge is -2.02. The van der Waals surface area contributed by atoms with Crippen molar-refractivity contribution in [2.45, 2.75) is 46.1 Å². The zero-order valence-electron chi connectivity index (χ0n) is 8.39. The lowest BCUT2D eigenvalue weighted by Crippen LogP contribution is -2.02. The van der Waals surface area contributed by atoms with Crippen LogP contribution in [-0.4, -0.2) is 9.78 Å². The van der Waals surface area contributed by atoms with Crippen LogP contribution >= 0.6 is 0 Å². The van der Waals surface area contributed by atoms with Crippen LogP contribution in [0, 0.1) is 12.7 Å². The first-order chi connectivity index (χ1) is 6.25. The Morgan fingerprint density at radius 1 is 1.38 bits per heavy atom. The molecule has 0 atom stereocenters. The highest BCUT2D eigenvalue weighted by molar-refractivity contribution is 5.00. The largest absolute Gasteiger partial charge is 0.267 e. The fraction of sp³-hybridized carbons (Fsp3) is 0.700. The average Bonchev–Trinajstić information content (AvgIpc) is 2.43. The minimum Gasteiger partial charge on any atom is -0.267 e. The zero-order chi connectivity index (χ0) is 9.68. The highest BCUT2D eigenvalue weighted by Crippen LogP contribution is 2.07. The molecule has 74 valence electrons. The monoisotopic (exact) mass is 184 g/mol. The molecule has 3 heteroatoms. The quantitative estimate of drug-likeness (QED) is 0.643. The maximum atomic E-state index is 12.8. The Kier molecular flexibility index (Phi) is 3.93. The number of nitrogens with zero attached hydrogens (tertiary/aromatic N) is 2. The van der Waals surface area contributed by atoms with E-state index < -0.39 is 0 Å². The average molecular weight is 184 g/mol. The van der Waals surface area contributed by atoms with Gasteiger partial charge in [-0.15, -0.1) is 0 Å². The summed E-state index contributed by atoms with van der Waals surface area (Å²) in [5.74, 6) is -0.199. The summed E-state index contributed by atoms with van der Waals surface area (Å²) in [6, 6.07) is 0. The second-order valence-corrected chi connectivity index (χ2v) is 3.36. The normalized spacial score (nSPS) is 10.7. The summed E-state index contributed by atoms with van der Waals surface area (Å²) in [4.78, 5) is 0. The van der Waals surface area contributed by atoms with Crippen molar-refractivity contribution in [3.8, 4) is 0 Å². The molecule has 0 bridgehead atoms. The van der Waals surface area contributed by atoms with Crippen molar-refractivity contribution >= 4 is 0 Å². The van der Waals surface area contributed by atoms with Gasteiger partial charge in [0.2, 0.25) is 0 Å². The Balaban J connectivity index is 2.32. The van der Waals surface area contributed by atoms with E-state index in [1.54, 1.807) is 11.6 Å².